The molecule has 0 bridgehead atoms. The van der Waals surface area contributed by atoms with E-state index in [4.69, 9.17) is 5.26 Å². The third-order valence-electron chi connectivity index (χ3n) is 2.19. The summed E-state index contributed by atoms with van der Waals surface area (Å²) in [7, 11) is 1.97. The molecular formula is C14H16N2S. The Balaban J connectivity index is 0.000000437. The Labute approximate surface area is 107 Å². The molecule has 3 heteroatoms. The molecule has 2 rings (SSSR count). The average molecular weight is 244 g/mol. The zero-order valence-corrected chi connectivity index (χ0v) is 10.9. The van der Waals surface area contributed by atoms with E-state index in [9.17, 15) is 0 Å². The number of nitriles is 1. The van der Waals surface area contributed by atoms with Crippen LogP contribution in [0.5, 0.6) is 0 Å². The standard InChI is InChI=1S/C12H13NS.C2H3N/c1-13-8-10-2-4-11(5-3-10)12-6-7-14-9-12;1-2-3/h2-7,9,13H,8H2,1H3;1H3. The summed E-state index contributed by atoms with van der Waals surface area (Å²) in [5, 5.41) is 14.7. The molecule has 88 valence electrons. The van der Waals surface area contributed by atoms with Gasteiger partial charge in [0, 0.05) is 13.5 Å². The fourth-order valence-electron chi connectivity index (χ4n) is 1.45. The van der Waals surface area contributed by atoms with Crippen molar-refractivity contribution in [3.05, 3.63) is 46.7 Å². The van der Waals surface area contributed by atoms with E-state index in [1.165, 1.54) is 23.6 Å². The Morgan fingerprint density at radius 2 is 1.82 bits per heavy atom. The Morgan fingerprint density at radius 3 is 2.29 bits per heavy atom. The molecule has 0 amide bonds. The van der Waals surface area contributed by atoms with Gasteiger partial charge in [-0.2, -0.15) is 16.6 Å². The van der Waals surface area contributed by atoms with Crippen molar-refractivity contribution in [1.82, 2.24) is 5.32 Å². The van der Waals surface area contributed by atoms with Crippen molar-refractivity contribution in [2.24, 2.45) is 0 Å². The Bertz CT molecular complexity index is 452. The van der Waals surface area contributed by atoms with E-state index >= 15 is 0 Å². The lowest BCUT2D eigenvalue weighted by Crippen LogP contribution is -2.04. The summed E-state index contributed by atoms with van der Waals surface area (Å²) in [5.74, 6) is 0. The smallest absolute Gasteiger partial charge is 0.0587 e. The van der Waals surface area contributed by atoms with Crippen LogP contribution in [0.2, 0.25) is 0 Å². The molecular weight excluding hydrogens is 228 g/mol. The zero-order valence-electron chi connectivity index (χ0n) is 10.1. The van der Waals surface area contributed by atoms with E-state index in [0.717, 1.165) is 6.54 Å². The van der Waals surface area contributed by atoms with Crippen LogP contribution in [0, 0.1) is 11.3 Å². The van der Waals surface area contributed by atoms with Crippen LogP contribution in [-0.4, -0.2) is 7.05 Å². The van der Waals surface area contributed by atoms with Crippen LogP contribution in [0.15, 0.2) is 41.1 Å². The van der Waals surface area contributed by atoms with Crippen LogP contribution in [0.4, 0.5) is 0 Å². The van der Waals surface area contributed by atoms with Gasteiger partial charge in [0.1, 0.15) is 0 Å². The van der Waals surface area contributed by atoms with Crippen LogP contribution in [0.3, 0.4) is 0 Å². The predicted octanol–water partition coefficient (Wildman–Crippen LogP) is 3.66. The highest BCUT2D eigenvalue weighted by atomic mass is 32.1. The van der Waals surface area contributed by atoms with Crippen molar-refractivity contribution in [1.29, 1.82) is 5.26 Å². The van der Waals surface area contributed by atoms with Crippen molar-refractivity contribution >= 4 is 11.3 Å². The second kappa shape index (κ2) is 7.61. The van der Waals surface area contributed by atoms with Crippen molar-refractivity contribution in [3.63, 3.8) is 0 Å². The van der Waals surface area contributed by atoms with Gasteiger partial charge in [-0.1, -0.05) is 24.3 Å². The predicted molar refractivity (Wildman–Crippen MR) is 73.8 cm³/mol. The fraction of sp³-hybridized carbons (Fsp3) is 0.214. The van der Waals surface area contributed by atoms with Crippen LogP contribution < -0.4 is 5.32 Å². The molecule has 0 unspecified atom stereocenters. The van der Waals surface area contributed by atoms with Gasteiger partial charge in [-0.15, -0.1) is 0 Å². The third-order valence-corrected chi connectivity index (χ3v) is 2.87. The molecule has 0 fully saturated rings. The molecule has 0 aliphatic rings. The number of rotatable bonds is 3. The van der Waals surface area contributed by atoms with Gasteiger partial charge in [0.25, 0.3) is 0 Å². The first kappa shape index (κ1) is 13.4. The molecule has 0 saturated heterocycles. The highest BCUT2D eigenvalue weighted by Gasteiger charge is 1.97. The molecule has 17 heavy (non-hydrogen) atoms. The summed E-state index contributed by atoms with van der Waals surface area (Å²) in [6.45, 7) is 2.36. The van der Waals surface area contributed by atoms with Crippen molar-refractivity contribution in [2.75, 3.05) is 7.05 Å². The Morgan fingerprint density at radius 1 is 1.18 bits per heavy atom. The number of nitrogens with one attached hydrogen (secondary N) is 1. The molecule has 0 atom stereocenters. The van der Waals surface area contributed by atoms with Crippen LogP contribution >= 0.6 is 11.3 Å². The fourth-order valence-corrected chi connectivity index (χ4v) is 2.11. The normalized spacial score (nSPS) is 9.00. The van der Waals surface area contributed by atoms with E-state index in [-0.39, 0.29) is 0 Å². The Hall–Kier alpha value is -1.63. The Kier molecular flexibility index (Phi) is 6.02. The van der Waals surface area contributed by atoms with Gasteiger partial charge in [0.15, 0.2) is 0 Å². The summed E-state index contributed by atoms with van der Waals surface area (Å²) in [5.41, 5.74) is 3.93. The maximum absolute atomic E-state index is 7.32. The lowest BCUT2D eigenvalue weighted by Gasteiger charge is -2.01. The van der Waals surface area contributed by atoms with Crippen LogP contribution in [0.25, 0.3) is 11.1 Å². The summed E-state index contributed by atoms with van der Waals surface area (Å²) in [6, 6.07) is 12.6. The lowest BCUT2D eigenvalue weighted by atomic mass is 10.1. The first-order valence-corrected chi connectivity index (χ1v) is 6.33. The molecule has 0 saturated carbocycles. The molecule has 0 spiro atoms. The first-order chi connectivity index (χ1) is 8.31. The van der Waals surface area contributed by atoms with E-state index in [1.54, 1.807) is 17.4 Å². The number of nitrogens with zero attached hydrogens (tertiary/aromatic N) is 1. The minimum atomic E-state index is 0.934. The number of thiophene rings is 1. The highest BCUT2D eigenvalue weighted by Crippen LogP contribution is 2.22. The van der Waals surface area contributed by atoms with Gasteiger partial charge in [-0.25, -0.2) is 0 Å². The van der Waals surface area contributed by atoms with Gasteiger partial charge in [-0.05, 0) is 40.6 Å². The number of hydrogen-bond acceptors (Lipinski definition) is 3. The number of benzene rings is 1. The second-order valence-electron chi connectivity index (χ2n) is 3.46. The quantitative estimate of drug-likeness (QED) is 0.894. The monoisotopic (exact) mass is 244 g/mol. The topological polar surface area (TPSA) is 35.8 Å². The molecule has 2 nitrogen and oxygen atoms in total. The molecule has 2 aromatic rings. The third kappa shape index (κ3) is 4.39. The molecule has 1 aromatic carbocycles. The SMILES string of the molecule is CC#N.CNCc1ccc(-c2ccsc2)cc1. The van der Waals surface area contributed by atoms with E-state index < -0.39 is 0 Å². The maximum atomic E-state index is 7.32. The van der Waals surface area contributed by atoms with Crippen molar-refractivity contribution in [3.8, 4) is 17.2 Å². The first-order valence-electron chi connectivity index (χ1n) is 5.38. The summed E-state index contributed by atoms with van der Waals surface area (Å²) < 4.78 is 0. The van der Waals surface area contributed by atoms with Crippen molar-refractivity contribution < 1.29 is 0 Å². The van der Waals surface area contributed by atoms with Crippen molar-refractivity contribution in [2.45, 2.75) is 13.5 Å². The summed E-state index contributed by atoms with van der Waals surface area (Å²) in [6.07, 6.45) is 0. The molecule has 0 aliphatic heterocycles. The van der Waals surface area contributed by atoms with Gasteiger partial charge < -0.3 is 5.32 Å². The minimum absolute atomic E-state index is 0.934. The zero-order chi connectivity index (χ0) is 12.5. The van der Waals surface area contributed by atoms with E-state index in [0.29, 0.717) is 0 Å². The molecule has 1 N–H and O–H groups in total. The van der Waals surface area contributed by atoms with Gasteiger partial charge in [-0.3, -0.25) is 0 Å². The van der Waals surface area contributed by atoms with E-state index in [2.05, 4.69) is 46.4 Å². The van der Waals surface area contributed by atoms with Crippen LogP contribution in [0.1, 0.15) is 12.5 Å². The van der Waals surface area contributed by atoms with Gasteiger partial charge >= 0.3 is 0 Å². The highest BCUT2D eigenvalue weighted by molar-refractivity contribution is 7.08. The molecule has 0 aliphatic carbocycles. The molecule has 1 aromatic heterocycles. The largest absolute Gasteiger partial charge is 0.316 e. The maximum Gasteiger partial charge on any atom is 0.0587 e. The molecule has 1 heterocycles. The van der Waals surface area contributed by atoms with Crippen LogP contribution in [-0.2, 0) is 6.54 Å². The lowest BCUT2D eigenvalue weighted by molar-refractivity contribution is 0.818. The van der Waals surface area contributed by atoms with Gasteiger partial charge in [0.05, 0.1) is 6.07 Å². The number of hydrogen-bond donors (Lipinski definition) is 1. The van der Waals surface area contributed by atoms with Gasteiger partial charge in [0.2, 0.25) is 0 Å². The minimum Gasteiger partial charge on any atom is -0.316 e. The molecule has 0 radical (unpaired) electrons. The second-order valence-corrected chi connectivity index (χ2v) is 4.24. The summed E-state index contributed by atoms with van der Waals surface area (Å²) >= 11 is 1.74. The average Bonchev–Trinajstić information content (AvgIpc) is 2.85. The van der Waals surface area contributed by atoms with E-state index in [1.807, 2.05) is 7.05 Å². The summed E-state index contributed by atoms with van der Waals surface area (Å²) in [4.78, 5) is 0.